The smallest absolute Gasteiger partial charge is 0.205 e. The van der Waals surface area contributed by atoms with Crippen molar-refractivity contribution in [3.63, 3.8) is 0 Å². The minimum absolute atomic E-state index is 0.294. The van der Waals surface area contributed by atoms with Crippen molar-refractivity contribution in [1.29, 1.82) is 0 Å². The lowest BCUT2D eigenvalue weighted by Crippen LogP contribution is -2.53. The van der Waals surface area contributed by atoms with Crippen molar-refractivity contribution >= 4 is 22.6 Å². The molecular weight excluding hydrogens is 382 g/mol. The van der Waals surface area contributed by atoms with Crippen LogP contribution in [0.5, 0.6) is 0 Å². The van der Waals surface area contributed by atoms with Gasteiger partial charge in [-0.05, 0) is 26.6 Å². The summed E-state index contributed by atoms with van der Waals surface area (Å²) < 4.78 is 4.41. The molecule has 7 nitrogen and oxygen atoms in total. The van der Waals surface area contributed by atoms with Gasteiger partial charge in [-0.15, -0.1) is 0 Å². The number of nitrogens with one attached hydrogen (secondary N) is 1. The quantitative estimate of drug-likeness (QED) is 0.578. The number of piperazine rings is 1. The Hall–Kier alpha value is -2.19. The summed E-state index contributed by atoms with van der Waals surface area (Å²) in [6, 6.07) is 9.09. The maximum absolute atomic E-state index is 4.62. The lowest BCUT2D eigenvalue weighted by atomic mass is 10.0. The van der Waals surface area contributed by atoms with Crippen molar-refractivity contribution < 1.29 is 0 Å². The first-order valence-electron chi connectivity index (χ1n) is 10.3. The Morgan fingerprint density at radius 1 is 1.21 bits per heavy atom. The summed E-state index contributed by atoms with van der Waals surface area (Å²) >= 11 is 1.51. The fourth-order valence-electron chi connectivity index (χ4n) is 3.53. The molecule has 1 aromatic heterocycles. The number of hydrogen-bond donors (Lipinski definition) is 1. The molecule has 2 aromatic rings. The van der Waals surface area contributed by atoms with Crippen LogP contribution in [0.2, 0.25) is 0 Å². The van der Waals surface area contributed by atoms with Crippen LogP contribution in [-0.4, -0.2) is 79.0 Å². The molecule has 8 heteroatoms. The van der Waals surface area contributed by atoms with Gasteiger partial charge in [-0.2, -0.15) is 4.37 Å². The van der Waals surface area contributed by atoms with E-state index in [4.69, 9.17) is 0 Å². The third kappa shape index (κ3) is 5.45. The van der Waals surface area contributed by atoms with Crippen LogP contribution in [0.4, 0.5) is 5.13 Å². The van der Waals surface area contributed by atoms with Crippen LogP contribution >= 0.6 is 11.5 Å². The van der Waals surface area contributed by atoms with Gasteiger partial charge in [0.2, 0.25) is 5.13 Å². The highest BCUT2D eigenvalue weighted by Gasteiger charge is 2.23. The van der Waals surface area contributed by atoms with Gasteiger partial charge in [-0.25, -0.2) is 4.98 Å². The van der Waals surface area contributed by atoms with E-state index in [1.54, 1.807) is 0 Å². The maximum Gasteiger partial charge on any atom is 0.205 e. The van der Waals surface area contributed by atoms with Gasteiger partial charge < -0.3 is 20.0 Å². The third-order valence-corrected chi connectivity index (χ3v) is 6.19. The number of anilines is 1. The Morgan fingerprint density at radius 2 is 1.90 bits per heavy atom. The maximum atomic E-state index is 4.62. The van der Waals surface area contributed by atoms with E-state index in [9.17, 15) is 0 Å². The predicted octanol–water partition coefficient (Wildman–Crippen LogP) is 2.41. The monoisotopic (exact) mass is 415 g/mol. The molecule has 2 heterocycles. The standard InChI is InChI=1S/C21H33N7S/c1-6-19-24-21(29-25-19)28-13-11-27(12-14-28)20(22-3)23-15-18(26(4)5)17-9-7-16(2)8-10-17/h7-10,18H,6,11-15H2,1-5H3,(H,22,23). The predicted molar refractivity (Wildman–Crippen MR) is 122 cm³/mol. The number of likely N-dealkylation sites (N-methyl/N-ethyl adjacent to an activating group) is 1. The Balaban J connectivity index is 1.56. The van der Waals surface area contributed by atoms with Gasteiger partial charge in [0.25, 0.3) is 0 Å². The van der Waals surface area contributed by atoms with Gasteiger partial charge in [-0.1, -0.05) is 36.8 Å². The normalized spacial score (nSPS) is 16.4. The summed E-state index contributed by atoms with van der Waals surface area (Å²) in [4.78, 5) is 16.1. The summed E-state index contributed by atoms with van der Waals surface area (Å²) in [5.41, 5.74) is 2.60. The summed E-state index contributed by atoms with van der Waals surface area (Å²) in [6.45, 7) is 8.77. The van der Waals surface area contributed by atoms with Crippen LogP contribution in [0.25, 0.3) is 0 Å². The zero-order chi connectivity index (χ0) is 20.8. The minimum Gasteiger partial charge on any atom is -0.354 e. The van der Waals surface area contributed by atoms with Crippen LogP contribution in [-0.2, 0) is 6.42 Å². The lowest BCUT2D eigenvalue weighted by molar-refractivity contribution is 0.292. The molecule has 0 saturated carbocycles. The van der Waals surface area contributed by atoms with Gasteiger partial charge >= 0.3 is 0 Å². The molecule has 1 aliphatic rings. The van der Waals surface area contributed by atoms with Crippen LogP contribution in [0, 0.1) is 6.92 Å². The van der Waals surface area contributed by atoms with E-state index in [-0.39, 0.29) is 0 Å². The molecule has 1 unspecified atom stereocenters. The van der Waals surface area contributed by atoms with Crippen molar-refractivity contribution in [3.8, 4) is 0 Å². The number of aliphatic imine (C=N–C) groups is 1. The largest absolute Gasteiger partial charge is 0.354 e. The van der Waals surface area contributed by atoms with E-state index in [0.29, 0.717) is 6.04 Å². The fourth-order valence-corrected chi connectivity index (χ4v) is 4.33. The van der Waals surface area contributed by atoms with Gasteiger partial charge in [0.15, 0.2) is 5.96 Å². The molecule has 1 fully saturated rings. The molecule has 0 aliphatic carbocycles. The van der Waals surface area contributed by atoms with Crippen molar-refractivity contribution in [2.75, 3.05) is 58.8 Å². The third-order valence-electron chi connectivity index (χ3n) is 5.37. The molecule has 1 atom stereocenters. The van der Waals surface area contributed by atoms with E-state index in [1.165, 1.54) is 22.7 Å². The van der Waals surface area contributed by atoms with E-state index in [1.807, 2.05) is 7.05 Å². The first-order chi connectivity index (χ1) is 14.0. The number of guanidine groups is 1. The van der Waals surface area contributed by atoms with Crippen LogP contribution < -0.4 is 10.2 Å². The number of rotatable bonds is 6. The van der Waals surface area contributed by atoms with Crippen LogP contribution in [0.3, 0.4) is 0 Å². The molecule has 1 aromatic carbocycles. The first kappa shape index (κ1) is 21.5. The molecule has 29 heavy (non-hydrogen) atoms. The lowest BCUT2D eigenvalue weighted by Gasteiger charge is -2.37. The highest BCUT2D eigenvalue weighted by atomic mass is 32.1. The number of benzene rings is 1. The molecule has 1 saturated heterocycles. The van der Waals surface area contributed by atoms with Crippen molar-refractivity contribution in [2.45, 2.75) is 26.3 Å². The van der Waals surface area contributed by atoms with Gasteiger partial charge in [0, 0.05) is 57.7 Å². The molecule has 1 N–H and O–H groups in total. The van der Waals surface area contributed by atoms with Gasteiger partial charge in [0.1, 0.15) is 5.82 Å². The second-order valence-corrected chi connectivity index (χ2v) is 8.37. The van der Waals surface area contributed by atoms with Crippen molar-refractivity contribution in [3.05, 3.63) is 41.2 Å². The number of hydrogen-bond acceptors (Lipinski definition) is 6. The van der Waals surface area contributed by atoms with Crippen LogP contribution in [0.15, 0.2) is 29.3 Å². The number of aromatic nitrogens is 2. The number of nitrogens with zero attached hydrogens (tertiary/aromatic N) is 6. The Labute approximate surface area is 178 Å². The summed E-state index contributed by atoms with van der Waals surface area (Å²) in [7, 11) is 6.12. The van der Waals surface area contributed by atoms with Gasteiger partial charge in [0.05, 0.1) is 6.04 Å². The van der Waals surface area contributed by atoms with Gasteiger partial charge in [-0.3, -0.25) is 4.99 Å². The molecule has 1 aliphatic heterocycles. The topological polar surface area (TPSA) is 59.9 Å². The molecule has 158 valence electrons. The number of aryl methyl sites for hydroxylation is 2. The van der Waals surface area contributed by atoms with E-state index in [0.717, 1.165) is 56.1 Å². The Morgan fingerprint density at radius 3 is 2.45 bits per heavy atom. The van der Waals surface area contributed by atoms with E-state index >= 15 is 0 Å². The van der Waals surface area contributed by atoms with E-state index < -0.39 is 0 Å². The summed E-state index contributed by atoms with van der Waals surface area (Å²) in [6.07, 6.45) is 0.890. The second kappa shape index (κ2) is 10.0. The first-order valence-corrected chi connectivity index (χ1v) is 11.0. The average molecular weight is 416 g/mol. The highest BCUT2D eigenvalue weighted by Crippen LogP contribution is 2.20. The zero-order valence-electron chi connectivity index (χ0n) is 18.2. The minimum atomic E-state index is 0.294. The average Bonchev–Trinajstić information content (AvgIpc) is 3.22. The Bertz CT molecular complexity index is 792. The molecule has 0 radical (unpaired) electrons. The van der Waals surface area contributed by atoms with E-state index in [2.05, 4.69) is 86.6 Å². The molecule has 0 amide bonds. The fraction of sp³-hybridized carbons (Fsp3) is 0.571. The van der Waals surface area contributed by atoms with Crippen molar-refractivity contribution in [1.82, 2.24) is 24.5 Å². The van der Waals surface area contributed by atoms with Crippen molar-refractivity contribution in [2.24, 2.45) is 4.99 Å². The summed E-state index contributed by atoms with van der Waals surface area (Å²) in [5.74, 6) is 1.91. The molecule has 0 bridgehead atoms. The molecule has 0 spiro atoms. The summed E-state index contributed by atoms with van der Waals surface area (Å²) in [5, 5.41) is 4.63. The molecule has 3 rings (SSSR count). The Kier molecular flexibility index (Phi) is 7.44. The SMILES string of the molecule is CCc1nsc(N2CCN(C(=NC)NCC(c3ccc(C)cc3)N(C)C)CC2)n1. The zero-order valence-corrected chi connectivity index (χ0v) is 19.0. The highest BCUT2D eigenvalue weighted by molar-refractivity contribution is 7.09. The second-order valence-electron chi connectivity index (χ2n) is 7.64. The molecular formula is C21H33N7S. The van der Waals surface area contributed by atoms with Crippen LogP contribution in [0.1, 0.15) is 29.9 Å².